The van der Waals surface area contributed by atoms with E-state index in [9.17, 15) is 0 Å². The second kappa shape index (κ2) is 10.6. The highest BCUT2D eigenvalue weighted by molar-refractivity contribution is 6.30. The molecule has 0 spiro atoms. The van der Waals surface area contributed by atoms with Gasteiger partial charge in [0.15, 0.2) is 5.75 Å². The smallest absolute Gasteiger partial charge is 0.155 e. The Morgan fingerprint density at radius 3 is 2.31 bits per heavy atom. The van der Waals surface area contributed by atoms with Gasteiger partial charge in [-0.2, -0.15) is 0 Å². The average molecular weight is 449 g/mol. The van der Waals surface area contributed by atoms with Gasteiger partial charge in [0.1, 0.15) is 11.6 Å². The molecule has 0 saturated heterocycles. The SMILES string of the molecule is CCCOc1cnc(CCc2ccc3c(F)c(CCc4ccc(Cl)cc4)ccc3c2)nc1. The van der Waals surface area contributed by atoms with Crippen molar-refractivity contribution in [3.8, 4) is 5.75 Å². The fraction of sp³-hybridized carbons (Fsp3) is 0.259. The molecule has 3 nitrogen and oxygen atoms in total. The standard InChI is InChI=1S/C27H26ClFN2O/c1-2-15-32-24-17-30-26(31-18-24)14-7-20-6-13-25-22(16-20)10-9-21(27(25)29)8-3-19-4-11-23(28)12-5-19/h4-6,9-13,16-18H,2-3,7-8,14-15H2,1H3. The van der Waals surface area contributed by atoms with Crippen molar-refractivity contribution in [2.24, 2.45) is 0 Å². The normalized spacial score (nSPS) is 11.1. The highest BCUT2D eigenvalue weighted by Gasteiger charge is 2.09. The number of aryl methyl sites for hydroxylation is 4. The van der Waals surface area contributed by atoms with Crippen LogP contribution in [0.1, 0.15) is 35.9 Å². The number of rotatable bonds is 9. The summed E-state index contributed by atoms with van der Waals surface area (Å²) in [5.74, 6) is 1.34. The van der Waals surface area contributed by atoms with Gasteiger partial charge in [-0.15, -0.1) is 0 Å². The van der Waals surface area contributed by atoms with Crippen molar-refractivity contribution in [3.05, 3.63) is 100 Å². The molecule has 0 unspecified atom stereocenters. The summed E-state index contributed by atoms with van der Waals surface area (Å²) in [7, 11) is 0. The zero-order valence-electron chi connectivity index (χ0n) is 18.2. The lowest BCUT2D eigenvalue weighted by Crippen LogP contribution is -2.01. The molecule has 32 heavy (non-hydrogen) atoms. The van der Waals surface area contributed by atoms with Crippen molar-refractivity contribution in [3.63, 3.8) is 0 Å². The van der Waals surface area contributed by atoms with Crippen LogP contribution in [0.3, 0.4) is 0 Å². The molecule has 5 heteroatoms. The number of hydrogen-bond donors (Lipinski definition) is 0. The largest absolute Gasteiger partial charge is 0.490 e. The van der Waals surface area contributed by atoms with Gasteiger partial charge in [0.05, 0.1) is 19.0 Å². The number of hydrogen-bond acceptors (Lipinski definition) is 3. The third-order valence-corrected chi connectivity index (χ3v) is 5.74. The quantitative estimate of drug-likeness (QED) is 0.283. The maximum atomic E-state index is 15.1. The summed E-state index contributed by atoms with van der Waals surface area (Å²) in [6.07, 6.45) is 7.35. The molecule has 1 aromatic heterocycles. The maximum Gasteiger partial charge on any atom is 0.155 e. The summed E-state index contributed by atoms with van der Waals surface area (Å²) < 4.78 is 20.6. The van der Waals surface area contributed by atoms with E-state index in [0.29, 0.717) is 29.2 Å². The first-order valence-electron chi connectivity index (χ1n) is 11.0. The van der Waals surface area contributed by atoms with Gasteiger partial charge in [-0.3, -0.25) is 0 Å². The van der Waals surface area contributed by atoms with E-state index < -0.39 is 0 Å². The molecule has 0 N–H and O–H groups in total. The van der Waals surface area contributed by atoms with E-state index in [2.05, 4.69) is 23.0 Å². The van der Waals surface area contributed by atoms with Crippen LogP contribution in [0.15, 0.2) is 67.0 Å². The lowest BCUT2D eigenvalue weighted by molar-refractivity contribution is 0.314. The van der Waals surface area contributed by atoms with Crippen LogP contribution >= 0.6 is 11.6 Å². The minimum absolute atomic E-state index is 0.131. The molecule has 3 aromatic carbocycles. The summed E-state index contributed by atoms with van der Waals surface area (Å²) in [5.41, 5.74) is 3.02. The van der Waals surface area contributed by atoms with Crippen LogP contribution in [0, 0.1) is 5.82 Å². The van der Waals surface area contributed by atoms with Gasteiger partial charge in [-0.1, -0.05) is 61.0 Å². The molecular formula is C27H26ClFN2O. The van der Waals surface area contributed by atoms with E-state index in [0.717, 1.165) is 53.6 Å². The van der Waals surface area contributed by atoms with Gasteiger partial charge >= 0.3 is 0 Å². The van der Waals surface area contributed by atoms with Crippen molar-refractivity contribution in [1.29, 1.82) is 0 Å². The molecule has 0 fully saturated rings. The molecule has 4 aromatic rings. The summed E-state index contributed by atoms with van der Waals surface area (Å²) in [6, 6.07) is 17.6. The number of benzene rings is 3. The fourth-order valence-electron chi connectivity index (χ4n) is 3.69. The Morgan fingerprint density at radius 1 is 0.844 bits per heavy atom. The first-order chi connectivity index (χ1) is 15.6. The number of halogens is 2. The van der Waals surface area contributed by atoms with Crippen molar-refractivity contribution in [2.45, 2.75) is 39.0 Å². The number of ether oxygens (including phenoxy) is 1. The van der Waals surface area contributed by atoms with Gasteiger partial charge in [-0.25, -0.2) is 14.4 Å². The van der Waals surface area contributed by atoms with Crippen LogP contribution in [-0.4, -0.2) is 16.6 Å². The van der Waals surface area contributed by atoms with Gasteiger partial charge in [0, 0.05) is 16.8 Å². The molecule has 0 radical (unpaired) electrons. The van der Waals surface area contributed by atoms with Crippen LogP contribution in [-0.2, 0) is 25.7 Å². The first kappa shape index (κ1) is 22.2. The fourth-order valence-corrected chi connectivity index (χ4v) is 3.81. The van der Waals surface area contributed by atoms with E-state index in [1.807, 2.05) is 48.5 Å². The van der Waals surface area contributed by atoms with Gasteiger partial charge in [-0.05, 0) is 59.9 Å². The molecule has 0 atom stereocenters. The Balaban J connectivity index is 1.40. The Bertz CT molecular complexity index is 1180. The van der Waals surface area contributed by atoms with Gasteiger partial charge < -0.3 is 4.74 Å². The second-order valence-corrected chi connectivity index (χ2v) is 8.34. The third kappa shape index (κ3) is 5.63. The van der Waals surface area contributed by atoms with Crippen LogP contribution < -0.4 is 4.74 Å². The monoisotopic (exact) mass is 448 g/mol. The predicted molar refractivity (Wildman–Crippen MR) is 128 cm³/mol. The molecule has 0 bridgehead atoms. The first-order valence-corrected chi connectivity index (χ1v) is 11.4. The van der Waals surface area contributed by atoms with Crippen molar-refractivity contribution in [2.75, 3.05) is 6.61 Å². The van der Waals surface area contributed by atoms with E-state index in [1.165, 1.54) is 0 Å². The van der Waals surface area contributed by atoms with Crippen molar-refractivity contribution < 1.29 is 9.13 Å². The Kier molecular flexibility index (Phi) is 7.33. The van der Waals surface area contributed by atoms with E-state index in [1.54, 1.807) is 12.4 Å². The van der Waals surface area contributed by atoms with Crippen LogP contribution in [0.4, 0.5) is 4.39 Å². The van der Waals surface area contributed by atoms with Crippen LogP contribution in [0.25, 0.3) is 10.8 Å². The molecule has 1 heterocycles. The lowest BCUT2D eigenvalue weighted by Gasteiger charge is -2.09. The zero-order valence-corrected chi connectivity index (χ0v) is 18.9. The van der Waals surface area contributed by atoms with Crippen molar-refractivity contribution >= 4 is 22.4 Å². The number of fused-ring (bicyclic) bond motifs is 1. The van der Waals surface area contributed by atoms with Crippen LogP contribution in [0.2, 0.25) is 5.02 Å². The summed E-state index contributed by atoms with van der Waals surface area (Å²) in [6.45, 7) is 2.73. The van der Waals surface area contributed by atoms with E-state index in [4.69, 9.17) is 16.3 Å². The molecule has 164 valence electrons. The Labute approximate surface area is 193 Å². The van der Waals surface area contributed by atoms with Gasteiger partial charge in [0.2, 0.25) is 0 Å². The number of aromatic nitrogens is 2. The lowest BCUT2D eigenvalue weighted by atomic mass is 9.98. The molecular weight excluding hydrogens is 423 g/mol. The highest BCUT2D eigenvalue weighted by atomic mass is 35.5. The van der Waals surface area contributed by atoms with Gasteiger partial charge in [0.25, 0.3) is 0 Å². The molecule has 0 aliphatic heterocycles. The molecule has 4 rings (SSSR count). The molecule has 0 saturated carbocycles. The van der Waals surface area contributed by atoms with E-state index >= 15 is 4.39 Å². The zero-order chi connectivity index (χ0) is 22.3. The van der Waals surface area contributed by atoms with Crippen LogP contribution in [0.5, 0.6) is 5.75 Å². The van der Waals surface area contributed by atoms with Crippen molar-refractivity contribution in [1.82, 2.24) is 9.97 Å². The summed E-state index contributed by atoms with van der Waals surface area (Å²) in [5, 5.41) is 2.29. The predicted octanol–water partition coefficient (Wildman–Crippen LogP) is 6.78. The Hall–Kier alpha value is -2.98. The second-order valence-electron chi connectivity index (χ2n) is 7.90. The van der Waals surface area contributed by atoms with E-state index in [-0.39, 0.29) is 5.82 Å². The Morgan fingerprint density at radius 2 is 1.56 bits per heavy atom. The molecule has 0 aliphatic rings. The topological polar surface area (TPSA) is 35.0 Å². The number of nitrogens with zero attached hydrogens (tertiary/aromatic N) is 2. The summed E-state index contributed by atoms with van der Waals surface area (Å²) >= 11 is 5.94. The molecule has 0 amide bonds. The maximum absolute atomic E-state index is 15.1. The minimum Gasteiger partial charge on any atom is -0.490 e. The summed E-state index contributed by atoms with van der Waals surface area (Å²) in [4.78, 5) is 8.76. The average Bonchev–Trinajstić information content (AvgIpc) is 2.82. The molecule has 0 aliphatic carbocycles. The highest BCUT2D eigenvalue weighted by Crippen LogP contribution is 2.24. The third-order valence-electron chi connectivity index (χ3n) is 5.49. The minimum atomic E-state index is -0.131.